The fourth-order valence-electron chi connectivity index (χ4n) is 1.10. The molecule has 2 amide bonds. The van der Waals surface area contributed by atoms with Crippen molar-refractivity contribution in [2.75, 3.05) is 13.1 Å². The summed E-state index contributed by atoms with van der Waals surface area (Å²) in [5.74, 6) is -0.147. The van der Waals surface area contributed by atoms with Crippen LogP contribution in [0, 0.1) is 5.92 Å². The van der Waals surface area contributed by atoms with Crippen LogP contribution in [0.2, 0.25) is 0 Å². The Morgan fingerprint density at radius 1 is 1.50 bits per heavy atom. The van der Waals surface area contributed by atoms with E-state index in [0.29, 0.717) is 13.1 Å². The Bertz CT molecular complexity index is 199. The van der Waals surface area contributed by atoms with Gasteiger partial charge in [-0.15, -0.1) is 0 Å². The molecule has 2 N–H and O–H groups in total. The third kappa shape index (κ3) is 2.04. The smallest absolute Gasteiger partial charge is 0.232 e. The number of nitrogens with two attached hydrogens (primary N) is 1. The van der Waals surface area contributed by atoms with E-state index >= 15 is 0 Å². The molecule has 0 heterocycles. The molecular weight excluding hydrogens is 156 g/mol. The predicted octanol–water partition coefficient (Wildman–Crippen LogP) is -0.270. The van der Waals surface area contributed by atoms with Crippen molar-refractivity contribution in [2.24, 2.45) is 11.7 Å². The number of nitrogens with zero attached hydrogens (tertiary/aromatic N) is 1. The van der Waals surface area contributed by atoms with Crippen LogP contribution in [0.25, 0.3) is 0 Å². The molecule has 68 valence electrons. The maximum Gasteiger partial charge on any atom is 0.232 e. The van der Waals surface area contributed by atoms with E-state index in [9.17, 15) is 9.59 Å². The molecule has 1 rings (SSSR count). The van der Waals surface area contributed by atoms with Crippen LogP contribution in [-0.4, -0.2) is 29.8 Å². The summed E-state index contributed by atoms with van der Waals surface area (Å²) in [4.78, 5) is 23.6. The largest absolute Gasteiger partial charge is 0.329 e. The first kappa shape index (κ1) is 9.19. The molecule has 0 bridgehead atoms. The average Bonchev–Trinajstić information content (AvgIpc) is 2.80. The topological polar surface area (TPSA) is 63.4 Å². The van der Waals surface area contributed by atoms with E-state index < -0.39 is 0 Å². The fraction of sp³-hybridized carbons (Fsp3) is 0.750. The monoisotopic (exact) mass is 170 g/mol. The van der Waals surface area contributed by atoms with Crippen molar-refractivity contribution in [3.05, 3.63) is 0 Å². The average molecular weight is 170 g/mol. The molecule has 1 saturated carbocycles. The van der Waals surface area contributed by atoms with Gasteiger partial charge in [0.1, 0.15) is 0 Å². The van der Waals surface area contributed by atoms with Gasteiger partial charge in [0.15, 0.2) is 0 Å². The second kappa shape index (κ2) is 3.67. The molecule has 1 aliphatic rings. The summed E-state index contributed by atoms with van der Waals surface area (Å²) in [5, 5.41) is 0. The van der Waals surface area contributed by atoms with E-state index in [4.69, 9.17) is 5.73 Å². The Labute approximate surface area is 71.7 Å². The van der Waals surface area contributed by atoms with Gasteiger partial charge in [-0.1, -0.05) is 0 Å². The van der Waals surface area contributed by atoms with Crippen LogP contribution in [0.5, 0.6) is 0 Å². The van der Waals surface area contributed by atoms with Crippen LogP contribution in [0.1, 0.15) is 19.8 Å². The van der Waals surface area contributed by atoms with Crippen LogP contribution in [0.3, 0.4) is 0 Å². The fourth-order valence-corrected chi connectivity index (χ4v) is 1.10. The van der Waals surface area contributed by atoms with Crippen molar-refractivity contribution < 1.29 is 9.59 Å². The summed E-state index contributed by atoms with van der Waals surface area (Å²) < 4.78 is 0. The summed E-state index contributed by atoms with van der Waals surface area (Å²) in [5.41, 5.74) is 5.28. The van der Waals surface area contributed by atoms with Crippen LogP contribution < -0.4 is 5.73 Å². The minimum absolute atomic E-state index is 0.0482. The van der Waals surface area contributed by atoms with Gasteiger partial charge in [0, 0.05) is 25.9 Å². The van der Waals surface area contributed by atoms with Gasteiger partial charge in [-0.05, 0) is 12.8 Å². The molecule has 4 nitrogen and oxygen atoms in total. The van der Waals surface area contributed by atoms with Crippen molar-refractivity contribution >= 4 is 11.8 Å². The highest BCUT2D eigenvalue weighted by Crippen LogP contribution is 2.30. The Hall–Kier alpha value is -0.900. The van der Waals surface area contributed by atoms with Crippen LogP contribution >= 0.6 is 0 Å². The van der Waals surface area contributed by atoms with E-state index in [1.807, 2.05) is 0 Å². The summed E-state index contributed by atoms with van der Waals surface area (Å²) in [6, 6.07) is 0. The zero-order valence-electron chi connectivity index (χ0n) is 7.25. The van der Waals surface area contributed by atoms with Crippen molar-refractivity contribution in [3.63, 3.8) is 0 Å². The van der Waals surface area contributed by atoms with Crippen molar-refractivity contribution in [2.45, 2.75) is 19.8 Å². The second-order valence-electron chi connectivity index (χ2n) is 3.07. The molecule has 1 fully saturated rings. The summed E-state index contributed by atoms with van der Waals surface area (Å²) in [6.07, 6.45) is 1.85. The van der Waals surface area contributed by atoms with E-state index in [1.54, 1.807) is 0 Å². The number of imide groups is 1. The first-order valence-corrected chi connectivity index (χ1v) is 4.19. The Morgan fingerprint density at radius 2 is 2.08 bits per heavy atom. The second-order valence-corrected chi connectivity index (χ2v) is 3.07. The molecule has 0 spiro atoms. The van der Waals surface area contributed by atoms with Crippen LogP contribution in [0.15, 0.2) is 0 Å². The normalized spacial score (nSPS) is 15.8. The van der Waals surface area contributed by atoms with Gasteiger partial charge in [-0.2, -0.15) is 0 Å². The quantitative estimate of drug-likeness (QED) is 0.634. The molecular formula is C8H14N2O2. The number of carbonyl (C=O) groups excluding carboxylic acids is 2. The molecule has 0 unspecified atom stereocenters. The number of hydrogen-bond donors (Lipinski definition) is 1. The van der Waals surface area contributed by atoms with Crippen LogP contribution in [0.4, 0.5) is 0 Å². The van der Waals surface area contributed by atoms with E-state index in [1.165, 1.54) is 11.8 Å². The van der Waals surface area contributed by atoms with Gasteiger partial charge in [-0.25, -0.2) is 0 Å². The Balaban J connectivity index is 2.51. The standard InChI is InChI=1S/C8H14N2O2/c1-6(11)10(5-4-9)8(12)7-2-3-7/h7H,2-5,9H2,1H3. The first-order valence-electron chi connectivity index (χ1n) is 4.19. The van der Waals surface area contributed by atoms with Gasteiger partial charge < -0.3 is 5.73 Å². The highest BCUT2D eigenvalue weighted by Gasteiger charge is 2.34. The zero-order chi connectivity index (χ0) is 9.14. The molecule has 0 aliphatic heterocycles. The first-order chi connectivity index (χ1) is 5.66. The highest BCUT2D eigenvalue weighted by molar-refractivity contribution is 5.96. The summed E-state index contributed by atoms with van der Waals surface area (Å²) in [6.45, 7) is 2.10. The predicted molar refractivity (Wildman–Crippen MR) is 44.2 cm³/mol. The van der Waals surface area contributed by atoms with Gasteiger partial charge in [0.05, 0.1) is 0 Å². The molecule has 0 aromatic heterocycles. The lowest BCUT2D eigenvalue weighted by atomic mass is 10.3. The molecule has 0 saturated heterocycles. The molecule has 0 atom stereocenters. The minimum atomic E-state index is -0.197. The highest BCUT2D eigenvalue weighted by atomic mass is 16.2. The number of carbonyl (C=O) groups is 2. The molecule has 0 aromatic rings. The number of rotatable bonds is 3. The van der Waals surface area contributed by atoms with E-state index in [2.05, 4.69) is 0 Å². The lowest BCUT2D eigenvalue weighted by Gasteiger charge is -2.17. The lowest BCUT2D eigenvalue weighted by molar-refractivity contribution is -0.144. The Kier molecular flexibility index (Phi) is 2.81. The van der Waals surface area contributed by atoms with Gasteiger partial charge in [-0.3, -0.25) is 14.5 Å². The summed E-state index contributed by atoms with van der Waals surface area (Å²) >= 11 is 0. The lowest BCUT2D eigenvalue weighted by Crippen LogP contribution is -2.39. The van der Waals surface area contributed by atoms with Crippen molar-refractivity contribution in [1.82, 2.24) is 4.90 Å². The maximum atomic E-state index is 11.4. The maximum absolute atomic E-state index is 11.4. The number of amides is 2. The zero-order valence-corrected chi connectivity index (χ0v) is 7.25. The van der Waals surface area contributed by atoms with E-state index in [0.717, 1.165) is 12.8 Å². The molecule has 4 heteroatoms. The van der Waals surface area contributed by atoms with Crippen molar-refractivity contribution in [1.29, 1.82) is 0 Å². The van der Waals surface area contributed by atoms with Gasteiger partial charge in [0.2, 0.25) is 11.8 Å². The third-order valence-corrected chi connectivity index (χ3v) is 1.93. The molecule has 1 aliphatic carbocycles. The molecule has 0 aromatic carbocycles. The molecule has 0 radical (unpaired) electrons. The van der Waals surface area contributed by atoms with Crippen molar-refractivity contribution in [3.8, 4) is 0 Å². The van der Waals surface area contributed by atoms with Gasteiger partial charge in [0.25, 0.3) is 0 Å². The van der Waals surface area contributed by atoms with E-state index in [-0.39, 0.29) is 17.7 Å². The third-order valence-electron chi connectivity index (χ3n) is 1.93. The SMILES string of the molecule is CC(=O)N(CCN)C(=O)C1CC1. The van der Waals surface area contributed by atoms with Gasteiger partial charge >= 0.3 is 0 Å². The number of hydrogen-bond acceptors (Lipinski definition) is 3. The summed E-state index contributed by atoms with van der Waals surface area (Å²) in [7, 11) is 0. The van der Waals surface area contributed by atoms with Crippen LogP contribution in [-0.2, 0) is 9.59 Å². The minimum Gasteiger partial charge on any atom is -0.329 e. The Morgan fingerprint density at radius 3 is 2.42 bits per heavy atom. The molecule has 12 heavy (non-hydrogen) atoms.